The first-order valence-corrected chi connectivity index (χ1v) is 24.2. The molecule has 2 aliphatic carbocycles. The molecule has 69 heavy (non-hydrogen) atoms. The normalized spacial score (nSPS) is 16.3. The summed E-state index contributed by atoms with van der Waals surface area (Å²) in [7, 11) is 0. The number of hydrogen-bond donors (Lipinski definition) is 0. The first kappa shape index (κ1) is 39.5. The van der Waals surface area contributed by atoms with E-state index in [4.69, 9.17) is 4.74 Å². The van der Waals surface area contributed by atoms with Gasteiger partial charge in [0.05, 0.1) is 11.0 Å². The summed E-state index contributed by atoms with van der Waals surface area (Å²) < 4.78 is 9.00. The molecule has 0 saturated carbocycles. The maximum absolute atomic E-state index is 6.60. The lowest BCUT2D eigenvalue weighted by molar-refractivity contribution is 0.268. The zero-order valence-corrected chi connectivity index (χ0v) is 38.0. The van der Waals surface area contributed by atoms with Crippen LogP contribution in [0.1, 0.15) is 24.3 Å². The van der Waals surface area contributed by atoms with Gasteiger partial charge in [-0.1, -0.05) is 176 Å². The summed E-state index contributed by atoms with van der Waals surface area (Å²) in [5.74, 6) is 1.12. The van der Waals surface area contributed by atoms with Gasteiger partial charge in [-0.25, -0.2) is 0 Å². The average molecular weight is 883 g/mol. The van der Waals surface area contributed by atoms with Crippen LogP contribution in [0.25, 0.3) is 82.1 Å². The quantitative estimate of drug-likeness (QED) is 0.148. The Kier molecular flexibility index (Phi) is 9.16. The molecule has 1 aliphatic heterocycles. The Bertz CT molecular complexity index is 3940. The van der Waals surface area contributed by atoms with E-state index in [-0.39, 0.29) is 12.0 Å². The third kappa shape index (κ3) is 6.57. The van der Waals surface area contributed by atoms with E-state index in [1.807, 2.05) is 0 Å². The molecule has 10 aromatic carbocycles. The number of para-hydroxylation sites is 2. The van der Waals surface area contributed by atoms with Gasteiger partial charge in [0.15, 0.2) is 0 Å². The Morgan fingerprint density at radius 2 is 1.13 bits per heavy atom. The third-order valence-corrected chi connectivity index (χ3v) is 14.8. The van der Waals surface area contributed by atoms with E-state index in [2.05, 4.69) is 252 Å². The van der Waals surface area contributed by atoms with Crippen molar-refractivity contribution >= 4 is 65.5 Å². The highest BCUT2D eigenvalue weighted by molar-refractivity contribution is 6.12. The number of aromatic nitrogens is 1. The van der Waals surface area contributed by atoms with E-state index >= 15 is 0 Å². The minimum Gasteiger partial charge on any atom is -0.485 e. The maximum Gasteiger partial charge on any atom is 0.128 e. The molecule has 0 fully saturated rings. The molecule has 0 radical (unpaired) electrons. The minimum absolute atomic E-state index is 0.0195. The second kappa shape index (κ2) is 16.0. The summed E-state index contributed by atoms with van der Waals surface area (Å²) in [6.07, 6.45) is 13.6. The minimum atomic E-state index is -0.0195. The number of rotatable bonds is 7. The van der Waals surface area contributed by atoms with Crippen LogP contribution in [0.4, 0.5) is 11.4 Å². The van der Waals surface area contributed by atoms with Crippen LogP contribution in [0.5, 0.6) is 5.75 Å². The van der Waals surface area contributed by atoms with Crippen LogP contribution in [-0.4, -0.2) is 10.7 Å². The molecule has 2 atom stereocenters. The van der Waals surface area contributed by atoms with E-state index in [9.17, 15) is 0 Å². The molecule has 0 saturated heterocycles. The summed E-state index contributed by atoms with van der Waals surface area (Å²) in [5, 5.41) is 10.1. The molecule has 0 N–H and O–H groups in total. The molecule has 2 heterocycles. The van der Waals surface area contributed by atoms with Gasteiger partial charge in [0.1, 0.15) is 11.9 Å². The lowest BCUT2D eigenvalue weighted by atomic mass is 9.84. The fourth-order valence-corrected chi connectivity index (χ4v) is 11.5. The summed E-state index contributed by atoms with van der Waals surface area (Å²) in [6.45, 7) is 0. The third-order valence-electron chi connectivity index (χ3n) is 14.8. The lowest BCUT2D eigenvalue weighted by Crippen LogP contribution is -2.22. The molecule has 3 aliphatic rings. The molecule has 0 amide bonds. The molecular weight excluding hydrogens is 837 g/mol. The zero-order chi connectivity index (χ0) is 45.4. The second-order valence-corrected chi connectivity index (χ2v) is 18.7. The first-order valence-electron chi connectivity index (χ1n) is 24.2. The summed E-state index contributed by atoms with van der Waals surface area (Å²) in [4.78, 5) is 2.50. The monoisotopic (exact) mass is 882 g/mol. The Hall–Kier alpha value is -8.66. The SMILES string of the molecule is C1=CC(C2=CC3c4cc5ccccc5cc4OC3C=C2)=C(N(c2ccc(-c3cccc(-n4c5ccccc5c5ccccc54)c3)cc2)c2ccc(-c3cccc4c3ccc3ccccc34)cc2)CC1. The average Bonchev–Trinajstić information content (AvgIpc) is 3.95. The van der Waals surface area contributed by atoms with E-state index < -0.39 is 0 Å². The maximum atomic E-state index is 6.60. The zero-order valence-electron chi connectivity index (χ0n) is 38.0. The molecule has 2 unspecified atom stereocenters. The molecule has 0 spiro atoms. The summed E-state index contributed by atoms with van der Waals surface area (Å²) in [5.41, 5.74) is 15.7. The molecule has 0 bridgehead atoms. The van der Waals surface area contributed by atoms with Gasteiger partial charge in [0.2, 0.25) is 0 Å². The topological polar surface area (TPSA) is 17.4 Å². The van der Waals surface area contributed by atoms with E-state index in [0.717, 1.165) is 35.7 Å². The van der Waals surface area contributed by atoms with Gasteiger partial charge >= 0.3 is 0 Å². The molecule has 14 rings (SSSR count). The number of anilines is 2. The Labute approximate surface area is 401 Å². The van der Waals surface area contributed by atoms with Gasteiger partial charge in [-0.05, 0) is 140 Å². The van der Waals surface area contributed by atoms with Crippen molar-refractivity contribution in [2.45, 2.75) is 24.9 Å². The van der Waals surface area contributed by atoms with Crippen molar-refractivity contribution in [3.05, 3.63) is 265 Å². The number of nitrogens with zero attached hydrogens (tertiary/aromatic N) is 2. The van der Waals surface area contributed by atoms with Crippen LogP contribution in [0, 0.1) is 0 Å². The Balaban J connectivity index is 0.879. The van der Waals surface area contributed by atoms with Crippen molar-refractivity contribution in [2.75, 3.05) is 4.90 Å². The second-order valence-electron chi connectivity index (χ2n) is 18.7. The Morgan fingerprint density at radius 3 is 1.90 bits per heavy atom. The number of hydrogen-bond acceptors (Lipinski definition) is 2. The highest BCUT2D eigenvalue weighted by Gasteiger charge is 2.35. The summed E-state index contributed by atoms with van der Waals surface area (Å²) >= 11 is 0. The van der Waals surface area contributed by atoms with Crippen LogP contribution >= 0.6 is 0 Å². The van der Waals surface area contributed by atoms with Gasteiger partial charge in [-0.3, -0.25) is 0 Å². The molecular formula is C66H46N2O. The van der Waals surface area contributed by atoms with Crippen molar-refractivity contribution in [2.24, 2.45) is 0 Å². The smallest absolute Gasteiger partial charge is 0.128 e. The van der Waals surface area contributed by atoms with Crippen LogP contribution in [0.3, 0.4) is 0 Å². The molecule has 11 aromatic rings. The van der Waals surface area contributed by atoms with Crippen molar-refractivity contribution < 1.29 is 4.74 Å². The van der Waals surface area contributed by atoms with Gasteiger partial charge in [0.25, 0.3) is 0 Å². The van der Waals surface area contributed by atoms with Crippen molar-refractivity contribution in [1.29, 1.82) is 0 Å². The van der Waals surface area contributed by atoms with Crippen LogP contribution in [0.15, 0.2) is 260 Å². The molecule has 326 valence electrons. The number of allylic oxidation sites excluding steroid dienone is 6. The highest BCUT2D eigenvalue weighted by Crippen LogP contribution is 2.47. The van der Waals surface area contributed by atoms with E-state index in [1.54, 1.807) is 0 Å². The fourth-order valence-electron chi connectivity index (χ4n) is 11.5. The lowest BCUT2D eigenvalue weighted by Gasteiger charge is -2.32. The number of fused-ring (bicyclic) bond motifs is 10. The van der Waals surface area contributed by atoms with Crippen LogP contribution in [-0.2, 0) is 0 Å². The van der Waals surface area contributed by atoms with Gasteiger partial charge in [0, 0.05) is 50.6 Å². The van der Waals surface area contributed by atoms with Crippen LogP contribution < -0.4 is 9.64 Å². The summed E-state index contributed by atoms with van der Waals surface area (Å²) in [6, 6.07) is 77.9. The number of ether oxygens (including phenoxy) is 1. The predicted octanol–water partition coefficient (Wildman–Crippen LogP) is 17.4. The van der Waals surface area contributed by atoms with Crippen molar-refractivity contribution in [1.82, 2.24) is 4.57 Å². The molecule has 1 aromatic heterocycles. The van der Waals surface area contributed by atoms with Gasteiger partial charge in [-0.2, -0.15) is 0 Å². The van der Waals surface area contributed by atoms with E-state index in [0.29, 0.717) is 0 Å². The van der Waals surface area contributed by atoms with Crippen LogP contribution in [0.2, 0.25) is 0 Å². The Morgan fingerprint density at radius 1 is 0.478 bits per heavy atom. The largest absolute Gasteiger partial charge is 0.485 e. The molecule has 3 heteroatoms. The standard InChI is InChI=1S/C66H46N2O/c1-2-15-48-42-66-61(40-47(48)14-1)60-41-49(32-38-65(60)69-66)55-19-5-8-24-62(55)67(51-35-29-45(30-36-51)54-22-12-23-56-53-18-4-3-13-44(53)31-37-57(54)56)50-33-27-43(28-34-50)46-16-11-17-52(39-46)68-63-25-9-6-20-58(63)59-21-7-10-26-64(59)68/h1-7,9-23,25-42,60,65H,8,24H2. The van der Waals surface area contributed by atoms with Crippen molar-refractivity contribution in [3.8, 4) is 33.7 Å². The highest BCUT2D eigenvalue weighted by atomic mass is 16.5. The van der Waals surface area contributed by atoms with E-state index in [1.165, 1.54) is 98.8 Å². The number of benzene rings is 10. The van der Waals surface area contributed by atoms with Gasteiger partial charge < -0.3 is 14.2 Å². The molecule has 3 nitrogen and oxygen atoms in total. The van der Waals surface area contributed by atoms with Crippen molar-refractivity contribution in [3.63, 3.8) is 0 Å². The fraction of sp³-hybridized carbons (Fsp3) is 0.0606. The predicted molar refractivity (Wildman–Crippen MR) is 289 cm³/mol. The first-order chi connectivity index (χ1) is 34.2. The van der Waals surface area contributed by atoms with Gasteiger partial charge in [-0.15, -0.1) is 0 Å².